The van der Waals surface area contributed by atoms with Crippen LogP contribution in [0.25, 0.3) is 0 Å². The molecule has 0 spiro atoms. The molecule has 1 unspecified atom stereocenters. The lowest BCUT2D eigenvalue weighted by molar-refractivity contribution is -0.125. The van der Waals surface area contributed by atoms with E-state index in [9.17, 15) is 14.4 Å². The van der Waals surface area contributed by atoms with Crippen LogP contribution in [-0.4, -0.2) is 11.7 Å². The summed E-state index contributed by atoms with van der Waals surface area (Å²) in [6.45, 7) is 1.34. The summed E-state index contributed by atoms with van der Waals surface area (Å²) in [7, 11) is 0. The van der Waals surface area contributed by atoms with Crippen LogP contribution in [-0.2, 0) is 9.59 Å². The van der Waals surface area contributed by atoms with Crippen molar-refractivity contribution >= 4 is 17.4 Å². The Kier molecular flexibility index (Phi) is 2.11. The normalized spacial score (nSPS) is 18.2. The molecule has 1 aromatic rings. The molecule has 1 aliphatic rings. The number of nitrogens with one attached hydrogen (secondary N) is 1. The maximum atomic E-state index is 11.5. The molecule has 15 heavy (non-hydrogen) atoms. The first-order valence-corrected chi connectivity index (χ1v) is 4.55. The van der Waals surface area contributed by atoms with Crippen LogP contribution in [0.4, 0.5) is 5.69 Å². The van der Waals surface area contributed by atoms with Crippen LogP contribution in [0.5, 0.6) is 0 Å². The van der Waals surface area contributed by atoms with Gasteiger partial charge in [0, 0.05) is 5.69 Å². The molecule has 76 valence electrons. The Morgan fingerprint density at radius 1 is 1.33 bits per heavy atom. The summed E-state index contributed by atoms with van der Waals surface area (Å²) in [5, 5.41) is 2.58. The van der Waals surface area contributed by atoms with Crippen LogP contribution >= 0.6 is 0 Å². The van der Waals surface area contributed by atoms with Crippen molar-refractivity contribution in [2.24, 2.45) is 0 Å². The Labute approximate surface area is 85.9 Å². The van der Waals surface area contributed by atoms with Gasteiger partial charge in [0.05, 0.1) is 0 Å². The van der Waals surface area contributed by atoms with Gasteiger partial charge in [-0.15, -0.1) is 0 Å². The maximum Gasteiger partial charge on any atom is 0.239 e. The van der Waals surface area contributed by atoms with Crippen LogP contribution in [0.3, 0.4) is 0 Å². The van der Waals surface area contributed by atoms with Gasteiger partial charge in [0.25, 0.3) is 0 Å². The highest BCUT2D eigenvalue weighted by molar-refractivity contribution is 6.16. The first kappa shape index (κ1) is 9.58. The third-order valence-electron chi connectivity index (χ3n) is 2.37. The van der Waals surface area contributed by atoms with Crippen LogP contribution in [0.2, 0.25) is 0 Å². The molecule has 0 radical (unpaired) electrons. The minimum absolute atomic E-state index is 0.209. The molecule has 0 saturated heterocycles. The first-order chi connectivity index (χ1) is 7.09. The molecular weight excluding hydrogens is 194 g/mol. The average molecular weight is 203 g/mol. The summed E-state index contributed by atoms with van der Waals surface area (Å²) in [6, 6.07) is 5.91. The summed E-state index contributed by atoms with van der Waals surface area (Å²) < 4.78 is 0. The fourth-order valence-corrected chi connectivity index (χ4v) is 1.72. The number of Topliss-reactive ketones (excluding diaryl/α,β-unsaturated/α-hetero) is 1. The minimum Gasteiger partial charge on any atom is -0.325 e. The number of hydrogen-bond acceptors (Lipinski definition) is 3. The quantitative estimate of drug-likeness (QED) is 0.682. The number of hydrogen-bond donors (Lipinski definition) is 1. The summed E-state index contributed by atoms with van der Waals surface area (Å²) >= 11 is 0. The zero-order valence-electron chi connectivity index (χ0n) is 8.11. The Hall–Kier alpha value is -1.97. The SMILES string of the molecule is CC(=O)C1C(=O)Nc2cccc(=O)cc21. The fourth-order valence-electron chi connectivity index (χ4n) is 1.72. The molecule has 4 nitrogen and oxygen atoms in total. The van der Waals surface area contributed by atoms with Crippen molar-refractivity contribution in [3.63, 3.8) is 0 Å². The third kappa shape index (κ3) is 1.54. The first-order valence-electron chi connectivity index (χ1n) is 4.55. The molecule has 2 rings (SSSR count). The Morgan fingerprint density at radius 2 is 2.07 bits per heavy atom. The van der Waals surface area contributed by atoms with Crippen molar-refractivity contribution in [1.29, 1.82) is 0 Å². The van der Waals surface area contributed by atoms with E-state index in [1.807, 2.05) is 0 Å². The second-order valence-corrected chi connectivity index (χ2v) is 3.47. The number of carbonyl (C=O) groups is 2. The number of rotatable bonds is 1. The molecule has 1 heterocycles. The van der Waals surface area contributed by atoms with E-state index < -0.39 is 5.92 Å². The van der Waals surface area contributed by atoms with Gasteiger partial charge in [-0.3, -0.25) is 14.4 Å². The van der Waals surface area contributed by atoms with Gasteiger partial charge in [-0.1, -0.05) is 6.07 Å². The molecule has 4 heteroatoms. The van der Waals surface area contributed by atoms with E-state index >= 15 is 0 Å². The van der Waals surface area contributed by atoms with Gasteiger partial charge < -0.3 is 5.32 Å². The summed E-state index contributed by atoms with van der Waals surface area (Å²) in [5.74, 6) is -1.44. The lowest BCUT2D eigenvalue weighted by Gasteiger charge is -2.00. The molecule has 1 amide bonds. The van der Waals surface area contributed by atoms with Crippen molar-refractivity contribution in [2.75, 3.05) is 5.32 Å². The van der Waals surface area contributed by atoms with E-state index in [2.05, 4.69) is 5.32 Å². The molecule has 1 aliphatic heterocycles. The van der Waals surface area contributed by atoms with Crippen molar-refractivity contribution in [3.05, 3.63) is 40.1 Å². The minimum atomic E-state index is -0.833. The zero-order chi connectivity index (χ0) is 11.0. The second kappa shape index (κ2) is 3.31. The van der Waals surface area contributed by atoms with Crippen molar-refractivity contribution in [3.8, 4) is 0 Å². The van der Waals surface area contributed by atoms with E-state index in [0.29, 0.717) is 11.3 Å². The third-order valence-corrected chi connectivity index (χ3v) is 2.37. The van der Waals surface area contributed by atoms with Crippen LogP contribution in [0, 0.1) is 0 Å². The molecule has 1 N–H and O–H groups in total. The van der Waals surface area contributed by atoms with Gasteiger partial charge in [0.1, 0.15) is 11.7 Å². The number of carbonyl (C=O) groups excluding carboxylic acids is 2. The number of anilines is 1. The Balaban J connectivity index is 2.67. The van der Waals surface area contributed by atoms with Gasteiger partial charge in [-0.25, -0.2) is 0 Å². The standard InChI is InChI=1S/C11H9NO3/c1-6(13)10-8-5-7(14)3-2-4-9(8)12-11(10)15/h2-5,10H,1H3,(H,12,15). The smallest absolute Gasteiger partial charge is 0.239 e. The predicted molar refractivity (Wildman–Crippen MR) is 54.8 cm³/mol. The molecular formula is C11H9NO3. The molecule has 0 aliphatic carbocycles. The highest BCUT2D eigenvalue weighted by Crippen LogP contribution is 2.30. The molecule has 1 atom stereocenters. The fraction of sp³-hybridized carbons (Fsp3) is 0.182. The highest BCUT2D eigenvalue weighted by atomic mass is 16.2. The molecule has 0 aromatic heterocycles. The van der Waals surface area contributed by atoms with E-state index in [4.69, 9.17) is 0 Å². The predicted octanol–water partition coefficient (Wildman–Crippen LogP) is 0.671. The maximum absolute atomic E-state index is 11.5. The lowest BCUT2D eigenvalue weighted by Crippen LogP contribution is -2.18. The highest BCUT2D eigenvalue weighted by Gasteiger charge is 2.33. The van der Waals surface area contributed by atoms with Gasteiger partial charge in [0.2, 0.25) is 5.91 Å². The molecule has 1 aromatic carbocycles. The van der Waals surface area contributed by atoms with E-state index in [-0.39, 0.29) is 17.1 Å². The van der Waals surface area contributed by atoms with Crippen molar-refractivity contribution in [1.82, 2.24) is 0 Å². The second-order valence-electron chi connectivity index (χ2n) is 3.47. The average Bonchev–Trinajstić information content (AvgIpc) is 2.32. The van der Waals surface area contributed by atoms with Crippen LogP contribution < -0.4 is 10.7 Å². The zero-order valence-corrected chi connectivity index (χ0v) is 8.11. The van der Waals surface area contributed by atoms with Gasteiger partial charge in [-0.05, 0) is 30.7 Å². The number of amides is 1. The van der Waals surface area contributed by atoms with E-state index in [0.717, 1.165) is 0 Å². The van der Waals surface area contributed by atoms with Crippen LogP contribution in [0.1, 0.15) is 18.4 Å². The molecule has 0 saturated carbocycles. The Bertz CT molecular complexity index is 507. The van der Waals surface area contributed by atoms with E-state index in [1.54, 1.807) is 12.1 Å². The van der Waals surface area contributed by atoms with Gasteiger partial charge >= 0.3 is 0 Å². The van der Waals surface area contributed by atoms with Gasteiger partial charge in [-0.2, -0.15) is 0 Å². The summed E-state index contributed by atoms with van der Waals surface area (Å²) in [6.07, 6.45) is 0. The molecule has 0 bridgehead atoms. The van der Waals surface area contributed by atoms with Crippen molar-refractivity contribution < 1.29 is 9.59 Å². The number of ketones is 1. The molecule has 0 fully saturated rings. The lowest BCUT2D eigenvalue weighted by atomic mass is 9.98. The number of fused-ring (bicyclic) bond motifs is 1. The van der Waals surface area contributed by atoms with Crippen molar-refractivity contribution in [2.45, 2.75) is 12.8 Å². The monoisotopic (exact) mass is 203 g/mol. The van der Waals surface area contributed by atoms with Crippen LogP contribution in [0.15, 0.2) is 29.1 Å². The summed E-state index contributed by atoms with van der Waals surface area (Å²) in [5.41, 5.74) is 0.809. The van der Waals surface area contributed by atoms with E-state index in [1.165, 1.54) is 19.1 Å². The topological polar surface area (TPSA) is 63.2 Å². The largest absolute Gasteiger partial charge is 0.325 e. The summed E-state index contributed by atoms with van der Waals surface area (Å²) in [4.78, 5) is 34.0. The van der Waals surface area contributed by atoms with Gasteiger partial charge in [0.15, 0.2) is 5.43 Å². The Morgan fingerprint density at radius 3 is 2.73 bits per heavy atom.